The first-order valence-corrected chi connectivity index (χ1v) is 12.5. The number of carbonyl (C=O) groups is 3. The van der Waals surface area contributed by atoms with Gasteiger partial charge in [0.05, 0.1) is 11.8 Å². The lowest BCUT2D eigenvalue weighted by Gasteiger charge is -2.33. The third-order valence-electron chi connectivity index (χ3n) is 6.94. The Morgan fingerprint density at radius 1 is 1.20 bits per heavy atom. The number of aldehydes is 1. The Bertz CT molecular complexity index is 1100. The van der Waals surface area contributed by atoms with E-state index >= 15 is 0 Å². The summed E-state index contributed by atoms with van der Waals surface area (Å²) in [5.41, 5.74) is 2.43. The van der Waals surface area contributed by atoms with Crippen molar-refractivity contribution in [2.24, 2.45) is 29.8 Å². The summed E-state index contributed by atoms with van der Waals surface area (Å²) >= 11 is 0. The summed E-state index contributed by atoms with van der Waals surface area (Å²) in [5.74, 6) is 1.52. The molecule has 0 aliphatic carbocycles. The highest BCUT2D eigenvalue weighted by molar-refractivity contribution is 6.00. The number of aryl methyl sites for hydroxylation is 1. The highest BCUT2D eigenvalue weighted by atomic mass is 16.2. The molecule has 1 N–H and O–H groups in total. The van der Waals surface area contributed by atoms with Crippen LogP contribution in [0.1, 0.15) is 67.9 Å². The van der Waals surface area contributed by atoms with Crippen molar-refractivity contribution in [3.63, 3.8) is 0 Å². The second-order valence-corrected chi connectivity index (χ2v) is 10.2. The molecule has 186 valence electrons. The summed E-state index contributed by atoms with van der Waals surface area (Å²) < 4.78 is 1.64. The molecule has 0 bridgehead atoms. The van der Waals surface area contributed by atoms with E-state index in [0.717, 1.165) is 29.8 Å². The fraction of sp³-hybridized carbons (Fsp3) is 0.519. The number of Topliss-reactive ketones (excluding diaryl/α,β-unsaturated/α-hetero) is 1. The number of aliphatic imine (C=N–C) groups is 1. The molecule has 1 amide bonds. The molecular weight excluding hydrogens is 442 g/mol. The molecule has 1 fully saturated rings. The number of anilines is 1. The summed E-state index contributed by atoms with van der Waals surface area (Å²) in [4.78, 5) is 44.2. The normalized spacial score (nSPS) is 19.0. The van der Waals surface area contributed by atoms with Gasteiger partial charge in [0.25, 0.3) is 0 Å². The number of amidine groups is 1. The number of piperidine rings is 1. The van der Waals surface area contributed by atoms with E-state index in [0.29, 0.717) is 50.3 Å². The molecule has 2 atom stereocenters. The second kappa shape index (κ2) is 11.0. The van der Waals surface area contributed by atoms with Gasteiger partial charge in [-0.15, -0.1) is 0 Å². The lowest BCUT2D eigenvalue weighted by molar-refractivity contribution is -0.133. The van der Waals surface area contributed by atoms with E-state index in [1.54, 1.807) is 24.1 Å². The molecular formula is C27H35N5O3. The van der Waals surface area contributed by atoms with Crippen molar-refractivity contribution < 1.29 is 14.4 Å². The maximum absolute atomic E-state index is 13.2. The Kier molecular flexibility index (Phi) is 7.78. The van der Waals surface area contributed by atoms with E-state index in [1.807, 2.05) is 29.2 Å². The summed E-state index contributed by atoms with van der Waals surface area (Å²) in [7, 11) is 1.80. The summed E-state index contributed by atoms with van der Waals surface area (Å²) in [6.07, 6.45) is 7.57. The highest BCUT2D eigenvalue weighted by Gasteiger charge is 2.30. The molecule has 8 heteroatoms. The third kappa shape index (κ3) is 6.05. The molecule has 1 aromatic heterocycles. The first kappa shape index (κ1) is 24.8. The molecule has 2 aromatic rings. The third-order valence-corrected chi connectivity index (χ3v) is 6.94. The molecule has 0 spiro atoms. The number of amides is 1. The molecule has 4 rings (SSSR count). The number of aromatic nitrogens is 2. The van der Waals surface area contributed by atoms with Crippen LogP contribution < -0.4 is 5.32 Å². The van der Waals surface area contributed by atoms with Crippen LogP contribution in [0.5, 0.6) is 0 Å². The number of likely N-dealkylation sites (tertiary alicyclic amines) is 1. The predicted octanol–water partition coefficient (Wildman–Crippen LogP) is 4.05. The van der Waals surface area contributed by atoms with Crippen LogP contribution in [0.3, 0.4) is 0 Å². The molecule has 35 heavy (non-hydrogen) atoms. The zero-order valence-electron chi connectivity index (χ0n) is 20.8. The summed E-state index contributed by atoms with van der Waals surface area (Å²) in [6, 6.07) is 7.22. The van der Waals surface area contributed by atoms with Crippen molar-refractivity contribution in [1.29, 1.82) is 0 Å². The molecule has 3 heterocycles. The van der Waals surface area contributed by atoms with Crippen molar-refractivity contribution in [1.82, 2.24) is 14.7 Å². The maximum Gasteiger partial charge on any atom is 0.222 e. The lowest BCUT2D eigenvalue weighted by Crippen LogP contribution is -2.41. The van der Waals surface area contributed by atoms with Crippen LogP contribution in [0.25, 0.3) is 0 Å². The number of hydrogen-bond acceptors (Lipinski definition) is 6. The Morgan fingerprint density at radius 2 is 1.94 bits per heavy atom. The number of nitrogens with zero attached hydrogens (tertiary/aromatic N) is 4. The number of fused-ring (bicyclic) bond motifs is 1. The number of carbonyl (C=O) groups excluding carboxylic acids is 3. The minimum atomic E-state index is -0.505. The number of hydrogen-bond donors (Lipinski definition) is 1. The largest absolute Gasteiger partial charge is 0.344 e. The van der Waals surface area contributed by atoms with Gasteiger partial charge in [-0.05, 0) is 37.2 Å². The van der Waals surface area contributed by atoms with Gasteiger partial charge in [-0.1, -0.05) is 32.0 Å². The van der Waals surface area contributed by atoms with E-state index in [2.05, 4.69) is 29.3 Å². The molecule has 1 unspecified atom stereocenters. The summed E-state index contributed by atoms with van der Waals surface area (Å²) in [6.45, 7) is 5.52. The van der Waals surface area contributed by atoms with Crippen molar-refractivity contribution in [3.05, 3.63) is 47.8 Å². The monoisotopic (exact) mass is 477 g/mol. The van der Waals surface area contributed by atoms with Crippen molar-refractivity contribution in [2.45, 2.75) is 52.0 Å². The van der Waals surface area contributed by atoms with Crippen LogP contribution >= 0.6 is 0 Å². The smallest absolute Gasteiger partial charge is 0.222 e. The number of benzene rings is 1. The van der Waals surface area contributed by atoms with Gasteiger partial charge in [-0.3, -0.25) is 19.3 Å². The molecule has 2 aliphatic heterocycles. The van der Waals surface area contributed by atoms with Gasteiger partial charge < -0.3 is 15.0 Å². The van der Waals surface area contributed by atoms with Crippen molar-refractivity contribution >= 4 is 29.5 Å². The molecule has 1 saturated heterocycles. The topological polar surface area (TPSA) is 96.7 Å². The molecule has 2 aliphatic rings. The predicted molar refractivity (Wildman–Crippen MR) is 135 cm³/mol. The van der Waals surface area contributed by atoms with E-state index < -0.39 is 6.04 Å². The molecule has 1 aromatic carbocycles. The van der Waals surface area contributed by atoms with Gasteiger partial charge in [0, 0.05) is 56.3 Å². The average molecular weight is 478 g/mol. The van der Waals surface area contributed by atoms with Crippen LogP contribution in [-0.2, 0) is 16.6 Å². The zero-order valence-corrected chi connectivity index (χ0v) is 20.8. The molecule has 8 nitrogen and oxygen atoms in total. The molecule has 0 saturated carbocycles. The van der Waals surface area contributed by atoms with E-state index in [9.17, 15) is 14.4 Å². The number of nitrogens with one attached hydrogen (secondary N) is 1. The van der Waals surface area contributed by atoms with Gasteiger partial charge in [-0.2, -0.15) is 5.10 Å². The van der Waals surface area contributed by atoms with Gasteiger partial charge in [-0.25, -0.2) is 0 Å². The zero-order chi connectivity index (χ0) is 24.9. The number of ketones is 1. The first-order valence-electron chi connectivity index (χ1n) is 12.5. The van der Waals surface area contributed by atoms with Crippen molar-refractivity contribution in [3.8, 4) is 0 Å². The Hall–Kier alpha value is -3.29. The van der Waals surface area contributed by atoms with Crippen LogP contribution in [0.2, 0.25) is 0 Å². The van der Waals surface area contributed by atoms with Gasteiger partial charge in [0.15, 0.2) is 5.78 Å². The van der Waals surface area contributed by atoms with Gasteiger partial charge >= 0.3 is 0 Å². The van der Waals surface area contributed by atoms with E-state index in [4.69, 9.17) is 0 Å². The van der Waals surface area contributed by atoms with E-state index in [1.165, 1.54) is 0 Å². The maximum atomic E-state index is 13.2. The Balaban J connectivity index is 1.36. The standard InChI is InChI=1S/C27H35N5O3/c1-18(2)12-19(13-25-29-23-7-5-4-6-22(23)24(17-33)30-25)14-26(34)32-10-8-20(9-11-32)27(35)21-15-28-31(3)16-21/h4-7,15-20,24H,8-14H2,1-3H3,(H,29,30)/t19-,24?/m1/s1. The Labute approximate surface area is 206 Å². The van der Waals surface area contributed by atoms with Crippen LogP contribution in [0, 0.1) is 17.8 Å². The lowest BCUT2D eigenvalue weighted by atomic mass is 9.87. The summed E-state index contributed by atoms with van der Waals surface area (Å²) in [5, 5.41) is 7.47. The minimum Gasteiger partial charge on any atom is -0.344 e. The minimum absolute atomic E-state index is 0.0594. The van der Waals surface area contributed by atoms with Gasteiger partial charge in [0.1, 0.15) is 18.2 Å². The first-order chi connectivity index (χ1) is 16.8. The average Bonchev–Trinajstić information content (AvgIpc) is 3.28. The van der Waals surface area contributed by atoms with Crippen LogP contribution in [0.4, 0.5) is 5.69 Å². The SMILES string of the molecule is CC(C)C[C@@H](CC(=O)N1CCC(C(=O)c2cnn(C)c2)CC1)CC1=NC(C=O)c2ccccc2N1. The second-order valence-electron chi connectivity index (χ2n) is 10.2. The van der Waals surface area contributed by atoms with Crippen LogP contribution in [-0.4, -0.2) is 51.6 Å². The highest BCUT2D eigenvalue weighted by Crippen LogP contribution is 2.31. The quantitative estimate of drug-likeness (QED) is 0.434. The fourth-order valence-corrected chi connectivity index (χ4v) is 5.23. The number of rotatable bonds is 9. The van der Waals surface area contributed by atoms with Crippen LogP contribution in [0.15, 0.2) is 41.7 Å². The fourth-order valence-electron chi connectivity index (χ4n) is 5.23. The molecule has 0 radical (unpaired) electrons. The Morgan fingerprint density at radius 3 is 2.60 bits per heavy atom. The number of para-hydroxylation sites is 1. The van der Waals surface area contributed by atoms with Gasteiger partial charge in [0.2, 0.25) is 5.91 Å². The van der Waals surface area contributed by atoms with E-state index in [-0.39, 0.29) is 23.5 Å². The van der Waals surface area contributed by atoms with Crippen molar-refractivity contribution in [2.75, 3.05) is 18.4 Å².